The Morgan fingerprint density at radius 1 is 1.33 bits per heavy atom. The maximum absolute atomic E-state index is 5.79. The third-order valence-corrected chi connectivity index (χ3v) is 3.15. The molecule has 0 aliphatic rings. The molecule has 0 spiro atoms. The molecule has 18 heavy (non-hydrogen) atoms. The molecule has 0 radical (unpaired) electrons. The molecule has 1 aromatic heterocycles. The van der Waals surface area contributed by atoms with E-state index >= 15 is 0 Å². The van der Waals surface area contributed by atoms with Crippen molar-refractivity contribution < 1.29 is 0 Å². The van der Waals surface area contributed by atoms with Gasteiger partial charge >= 0.3 is 0 Å². The van der Waals surface area contributed by atoms with Gasteiger partial charge in [0.05, 0.1) is 17.6 Å². The first-order chi connectivity index (χ1) is 8.61. The summed E-state index contributed by atoms with van der Waals surface area (Å²) in [6.07, 6.45) is 1.11. The summed E-state index contributed by atoms with van der Waals surface area (Å²) in [5, 5.41) is 0. The topological polar surface area (TPSA) is 47.1 Å². The SMILES string of the molecule is Cc1ccc2c(c1)nc(CN)n2CCCN(C)C. The number of aryl methyl sites for hydroxylation is 2. The number of aromatic nitrogens is 2. The number of nitrogens with two attached hydrogens (primary N) is 1. The van der Waals surface area contributed by atoms with E-state index in [1.165, 1.54) is 11.1 Å². The Bertz CT molecular complexity index is 528. The first kappa shape index (κ1) is 13.1. The standard InChI is InChI=1S/C14H22N4/c1-11-5-6-13-12(9-11)16-14(10-15)18(13)8-4-7-17(2)3/h5-6,9H,4,7-8,10,15H2,1-3H3. The molecule has 0 bridgehead atoms. The highest BCUT2D eigenvalue weighted by Gasteiger charge is 2.09. The van der Waals surface area contributed by atoms with Crippen LogP contribution < -0.4 is 5.73 Å². The highest BCUT2D eigenvalue weighted by atomic mass is 15.1. The Hall–Kier alpha value is -1.39. The predicted molar refractivity (Wildman–Crippen MR) is 75.5 cm³/mol. The van der Waals surface area contributed by atoms with Gasteiger partial charge in [-0.1, -0.05) is 6.07 Å². The van der Waals surface area contributed by atoms with Gasteiger partial charge in [-0.05, 0) is 51.7 Å². The second-order valence-corrected chi connectivity index (χ2v) is 5.03. The van der Waals surface area contributed by atoms with Crippen LogP contribution in [-0.4, -0.2) is 35.1 Å². The third-order valence-electron chi connectivity index (χ3n) is 3.15. The van der Waals surface area contributed by atoms with Crippen molar-refractivity contribution in [3.05, 3.63) is 29.6 Å². The summed E-state index contributed by atoms with van der Waals surface area (Å²) in [6.45, 7) is 4.64. The number of hydrogen-bond acceptors (Lipinski definition) is 3. The summed E-state index contributed by atoms with van der Waals surface area (Å²) in [6, 6.07) is 6.40. The molecule has 0 fully saturated rings. The van der Waals surface area contributed by atoms with Crippen LogP contribution in [0.4, 0.5) is 0 Å². The fourth-order valence-electron chi connectivity index (χ4n) is 2.24. The van der Waals surface area contributed by atoms with Crippen molar-refractivity contribution in [2.45, 2.75) is 26.4 Å². The third kappa shape index (κ3) is 2.71. The van der Waals surface area contributed by atoms with Gasteiger partial charge in [0, 0.05) is 6.54 Å². The van der Waals surface area contributed by atoms with E-state index in [0.29, 0.717) is 6.54 Å². The summed E-state index contributed by atoms with van der Waals surface area (Å²) >= 11 is 0. The fraction of sp³-hybridized carbons (Fsp3) is 0.500. The molecule has 1 aromatic carbocycles. The molecular weight excluding hydrogens is 224 g/mol. The predicted octanol–water partition coefficient (Wildman–Crippen LogP) is 1.76. The summed E-state index contributed by atoms with van der Waals surface area (Å²) in [5.41, 5.74) is 9.28. The normalized spacial score (nSPS) is 11.6. The molecule has 2 aromatic rings. The molecule has 1 heterocycles. The van der Waals surface area contributed by atoms with Gasteiger partial charge in [0.25, 0.3) is 0 Å². The summed E-state index contributed by atoms with van der Waals surface area (Å²) in [4.78, 5) is 6.81. The van der Waals surface area contributed by atoms with E-state index in [0.717, 1.165) is 30.9 Å². The van der Waals surface area contributed by atoms with Crippen molar-refractivity contribution in [2.75, 3.05) is 20.6 Å². The van der Waals surface area contributed by atoms with Crippen LogP contribution in [0.5, 0.6) is 0 Å². The average Bonchev–Trinajstić information content (AvgIpc) is 2.66. The van der Waals surface area contributed by atoms with Crippen molar-refractivity contribution in [2.24, 2.45) is 5.73 Å². The molecule has 0 atom stereocenters. The smallest absolute Gasteiger partial charge is 0.123 e. The number of nitrogens with zero attached hydrogens (tertiary/aromatic N) is 3. The summed E-state index contributed by atoms with van der Waals surface area (Å²) < 4.78 is 2.25. The number of hydrogen-bond donors (Lipinski definition) is 1. The van der Waals surface area contributed by atoms with Gasteiger partial charge in [-0.2, -0.15) is 0 Å². The quantitative estimate of drug-likeness (QED) is 0.874. The summed E-state index contributed by atoms with van der Waals surface area (Å²) in [5.74, 6) is 0.981. The van der Waals surface area contributed by atoms with E-state index in [1.807, 2.05) is 0 Å². The monoisotopic (exact) mass is 246 g/mol. The fourth-order valence-corrected chi connectivity index (χ4v) is 2.24. The van der Waals surface area contributed by atoms with E-state index in [2.05, 4.69) is 53.7 Å². The van der Waals surface area contributed by atoms with E-state index in [-0.39, 0.29) is 0 Å². The lowest BCUT2D eigenvalue weighted by molar-refractivity contribution is 0.386. The Balaban J connectivity index is 2.29. The Kier molecular flexibility index (Phi) is 3.99. The first-order valence-electron chi connectivity index (χ1n) is 6.42. The minimum Gasteiger partial charge on any atom is -0.327 e. The zero-order valence-electron chi connectivity index (χ0n) is 11.5. The summed E-state index contributed by atoms with van der Waals surface area (Å²) in [7, 11) is 4.19. The van der Waals surface area contributed by atoms with Crippen LogP contribution >= 0.6 is 0 Å². The number of benzene rings is 1. The van der Waals surface area contributed by atoms with Gasteiger partial charge in [-0.15, -0.1) is 0 Å². The second kappa shape index (κ2) is 5.50. The van der Waals surface area contributed by atoms with Gasteiger partial charge in [-0.25, -0.2) is 4.98 Å². The molecular formula is C14H22N4. The average molecular weight is 246 g/mol. The van der Waals surface area contributed by atoms with Crippen LogP contribution in [0.1, 0.15) is 17.8 Å². The molecule has 0 saturated carbocycles. The maximum Gasteiger partial charge on any atom is 0.123 e. The van der Waals surface area contributed by atoms with Crippen LogP contribution in [-0.2, 0) is 13.1 Å². The van der Waals surface area contributed by atoms with Crippen molar-refractivity contribution in [1.29, 1.82) is 0 Å². The first-order valence-corrected chi connectivity index (χ1v) is 6.42. The van der Waals surface area contributed by atoms with Crippen molar-refractivity contribution in [1.82, 2.24) is 14.5 Å². The molecule has 0 aliphatic heterocycles. The van der Waals surface area contributed by atoms with Crippen LogP contribution in [0, 0.1) is 6.92 Å². The lowest BCUT2D eigenvalue weighted by Gasteiger charge is -2.11. The van der Waals surface area contributed by atoms with Crippen molar-refractivity contribution in [3.63, 3.8) is 0 Å². The Morgan fingerprint density at radius 2 is 2.11 bits per heavy atom. The van der Waals surface area contributed by atoms with Gasteiger partial charge in [-0.3, -0.25) is 0 Å². The minimum absolute atomic E-state index is 0.496. The van der Waals surface area contributed by atoms with E-state index < -0.39 is 0 Å². The van der Waals surface area contributed by atoms with E-state index in [9.17, 15) is 0 Å². The van der Waals surface area contributed by atoms with E-state index in [1.54, 1.807) is 0 Å². The molecule has 0 saturated heterocycles. The zero-order chi connectivity index (χ0) is 13.1. The van der Waals surface area contributed by atoms with Crippen LogP contribution in [0.3, 0.4) is 0 Å². The lowest BCUT2D eigenvalue weighted by Crippen LogP contribution is -2.16. The van der Waals surface area contributed by atoms with Gasteiger partial charge in [0.15, 0.2) is 0 Å². The maximum atomic E-state index is 5.79. The van der Waals surface area contributed by atoms with Crippen molar-refractivity contribution >= 4 is 11.0 Å². The highest BCUT2D eigenvalue weighted by Crippen LogP contribution is 2.18. The van der Waals surface area contributed by atoms with Gasteiger partial charge in [0.1, 0.15) is 5.82 Å². The largest absolute Gasteiger partial charge is 0.327 e. The van der Waals surface area contributed by atoms with Gasteiger partial charge < -0.3 is 15.2 Å². The van der Waals surface area contributed by atoms with Gasteiger partial charge in [0.2, 0.25) is 0 Å². The van der Waals surface area contributed by atoms with E-state index in [4.69, 9.17) is 5.73 Å². The number of rotatable bonds is 5. The minimum atomic E-state index is 0.496. The lowest BCUT2D eigenvalue weighted by atomic mass is 10.2. The molecule has 4 nitrogen and oxygen atoms in total. The molecule has 0 unspecified atom stereocenters. The highest BCUT2D eigenvalue weighted by molar-refractivity contribution is 5.76. The van der Waals surface area contributed by atoms with Crippen LogP contribution in [0.25, 0.3) is 11.0 Å². The zero-order valence-corrected chi connectivity index (χ0v) is 11.5. The number of fused-ring (bicyclic) bond motifs is 1. The van der Waals surface area contributed by atoms with Crippen molar-refractivity contribution in [3.8, 4) is 0 Å². The number of imidazole rings is 1. The molecule has 0 amide bonds. The Morgan fingerprint density at radius 3 is 2.78 bits per heavy atom. The molecule has 4 heteroatoms. The van der Waals surface area contributed by atoms with Crippen LogP contribution in [0.2, 0.25) is 0 Å². The molecule has 0 aliphatic carbocycles. The van der Waals surface area contributed by atoms with Crippen LogP contribution in [0.15, 0.2) is 18.2 Å². The second-order valence-electron chi connectivity index (χ2n) is 5.03. The Labute approximate surface area is 108 Å². The molecule has 2 rings (SSSR count). The molecule has 2 N–H and O–H groups in total. The molecule has 98 valence electrons.